The van der Waals surface area contributed by atoms with Crippen LogP contribution >= 0.6 is 0 Å². The van der Waals surface area contributed by atoms with Gasteiger partial charge in [0.2, 0.25) is 18.0 Å². The summed E-state index contributed by atoms with van der Waals surface area (Å²) in [5.74, 6) is 0.728. The highest BCUT2D eigenvalue weighted by molar-refractivity contribution is 5.31. The Bertz CT molecular complexity index is 853. The van der Waals surface area contributed by atoms with Gasteiger partial charge < -0.3 is 28.1 Å². The summed E-state index contributed by atoms with van der Waals surface area (Å²) in [6, 6.07) is 10.9. The van der Waals surface area contributed by atoms with E-state index in [1.807, 2.05) is 30.3 Å². The first-order chi connectivity index (χ1) is 13.8. The molecular weight excluding hydrogens is 364 g/mol. The lowest BCUT2D eigenvalue weighted by molar-refractivity contribution is -0.192. The van der Waals surface area contributed by atoms with E-state index in [0.29, 0.717) is 12.4 Å². The van der Waals surface area contributed by atoms with E-state index < -0.39 is 12.4 Å². The standard InChI is InChI=1S/C21H22O7/c22-16-9-11-25-21(19(16)26-12-15-6-2-1-3-7-15)20(17-13-23-14-27-17)28-18-8-4-5-10-24-18/h1-3,6-7,9,11,13,18,20H,4-5,8,10,12,14H2. The van der Waals surface area contributed by atoms with Crippen molar-refractivity contribution in [2.24, 2.45) is 0 Å². The van der Waals surface area contributed by atoms with Gasteiger partial charge in [-0.3, -0.25) is 4.79 Å². The van der Waals surface area contributed by atoms with Gasteiger partial charge in [-0.2, -0.15) is 0 Å². The fraction of sp³-hybridized carbons (Fsp3) is 0.381. The molecule has 3 heterocycles. The first kappa shape index (κ1) is 18.6. The first-order valence-corrected chi connectivity index (χ1v) is 9.31. The third kappa shape index (κ3) is 4.37. The van der Waals surface area contributed by atoms with E-state index in [4.69, 9.17) is 28.1 Å². The quantitative estimate of drug-likeness (QED) is 0.719. The van der Waals surface area contributed by atoms with Gasteiger partial charge in [-0.1, -0.05) is 30.3 Å². The Morgan fingerprint density at radius 3 is 2.79 bits per heavy atom. The van der Waals surface area contributed by atoms with Crippen molar-refractivity contribution in [1.82, 2.24) is 0 Å². The van der Waals surface area contributed by atoms with E-state index in [9.17, 15) is 4.79 Å². The van der Waals surface area contributed by atoms with Crippen molar-refractivity contribution in [3.63, 3.8) is 0 Å². The molecule has 2 aliphatic rings. The van der Waals surface area contributed by atoms with Crippen molar-refractivity contribution in [1.29, 1.82) is 0 Å². The Morgan fingerprint density at radius 2 is 2.04 bits per heavy atom. The summed E-state index contributed by atoms with van der Waals surface area (Å²) in [6.45, 7) is 0.938. The summed E-state index contributed by atoms with van der Waals surface area (Å²) < 4.78 is 34.0. The van der Waals surface area contributed by atoms with Gasteiger partial charge in [-0.15, -0.1) is 0 Å². The van der Waals surface area contributed by atoms with Gasteiger partial charge >= 0.3 is 0 Å². The molecule has 0 amide bonds. The van der Waals surface area contributed by atoms with Crippen LogP contribution in [0.3, 0.4) is 0 Å². The second-order valence-electron chi connectivity index (χ2n) is 6.51. The number of ether oxygens (including phenoxy) is 5. The maximum Gasteiger partial charge on any atom is 0.230 e. The van der Waals surface area contributed by atoms with Gasteiger partial charge in [-0.25, -0.2) is 0 Å². The molecule has 0 N–H and O–H groups in total. The maximum absolute atomic E-state index is 12.5. The Labute approximate surface area is 162 Å². The third-order valence-corrected chi connectivity index (χ3v) is 4.50. The SMILES string of the molecule is O=c1ccoc(C(OC2CCCCO2)C2=COCO2)c1OCc1ccccc1. The van der Waals surface area contributed by atoms with Crippen LogP contribution in [0.5, 0.6) is 5.75 Å². The Balaban J connectivity index is 1.61. The minimum absolute atomic E-state index is 0.0813. The predicted molar refractivity (Wildman–Crippen MR) is 98.3 cm³/mol. The van der Waals surface area contributed by atoms with Crippen molar-refractivity contribution < 1.29 is 28.1 Å². The van der Waals surface area contributed by atoms with Crippen LogP contribution < -0.4 is 10.2 Å². The number of hydrogen-bond acceptors (Lipinski definition) is 7. The highest BCUT2D eigenvalue weighted by Crippen LogP contribution is 2.36. The Kier molecular flexibility index (Phi) is 5.94. The molecule has 1 fully saturated rings. The largest absolute Gasteiger partial charge is 0.482 e. The average Bonchev–Trinajstić information content (AvgIpc) is 3.27. The van der Waals surface area contributed by atoms with Crippen LogP contribution in [-0.4, -0.2) is 19.7 Å². The van der Waals surface area contributed by atoms with Gasteiger partial charge in [0, 0.05) is 12.7 Å². The lowest BCUT2D eigenvalue weighted by Gasteiger charge is -2.27. The average molecular weight is 386 g/mol. The molecule has 2 aromatic rings. The molecule has 2 unspecified atom stereocenters. The maximum atomic E-state index is 12.5. The van der Waals surface area contributed by atoms with Crippen molar-refractivity contribution in [2.75, 3.05) is 13.4 Å². The van der Waals surface area contributed by atoms with E-state index in [1.165, 1.54) is 18.6 Å². The minimum Gasteiger partial charge on any atom is -0.482 e. The Hall–Kier alpha value is -2.77. The van der Waals surface area contributed by atoms with Crippen molar-refractivity contribution in [3.05, 3.63) is 76.2 Å². The zero-order chi connectivity index (χ0) is 19.2. The second kappa shape index (κ2) is 8.95. The topological polar surface area (TPSA) is 76.4 Å². The van der Waals surface area contributed by atoms with Crippen LogP contribution in [0.25, 0.3) is 0 Å². The van der Waals surface area contributed by atoms with Gasteiger partial charge in [0.1, 0.15) is 12.9 Å². The summed E-state index contributed by atoms with van der Waals surface area (Å²) in [4.78, 5) is 12.5. The molecule has 1 saturated heterocycles. The number of hydrogen-bond donors (Lipinski definition) is 0. The fourth-order valence-electron chi connectivity index (χ4n) is 3.09. The van der Waals surface area contributed by atoms with Crippen LogP contribution in [0.1, 0.15) is 36.7 Å². The zero-order valence-corrected chi connectivity index (χ0v) is 15.4. The summed E-state index contributed by atoms with van der Waals surface area (Å²) in [5.41, 5.74) is 0.638. The summed E-state index contributed by atoms with van der Waals surface area (Å²) in [5, 5.41) is 0. The molecule has 0 bridgehead atoms. The Morgan fingerprint density at radius 1 is 1.14 bits per heavy atom. The van der Waals surface area contributed by atoms with E-state index in [0.717, 1.165) is 24.8 Å². The smallest absolute Gasteiger partial charge is 0.230 e. The molecule has 7 nitrogen and oxygen atoms in total. The summed E-state index contributed by atoms with van der Waals surface area (Å²) in [6.07, 6.45) is 4.31. The molecule has 0 radical (unpaired) electrons. The highest BCUT2D eigenvalue weighted by atomic mass is 16.7. The molecule has 4 rings (SSSR count). The summed E-state index contributed by atoms with van der Waals surface area (Å²) >= 11 is 0. The van der Waals surface area contributed by atoms with E-state index in [-0.39, 0.29) is 30.3 Å². The highest BCUT2D eigenvalue weighted by Gasteiger charge is 2.33. The lowest BCUT2D eigenvalue weighted by Crippen LogP contribution is -2.26. The molecule has 0 saturated carbocycles. The van der Waals surface area contributed by atoms with E-state index in [2.05, 4.69) is 0 Å². The van der Waals surface area contributed by atoms with Crippen molar-refractivity contribution >= 4 is 0 Å². The second-order valence-corrected chi connectivity index (χ2v) is 6.51. The van der Waals surface area contributed by atoms with E-state index in [1.54, 1.807) is 0 Å². The first-order valence-electron chi connectivity index (χ1n) is 9.31. The molecule has 2 atom stereocenters. The monoisotopic (exact) mass is 386 g/mol. The zero-order valence-electron chi connectivity index (χ0n) is 15.4. The van der Waals surface area contributed by atoms with Crippen LogP contribution in [0.4, 0.5) is 0 Å². The van der Waals surface area contributed by atoms with Crippen molar-refractivity contribution in [2.45, 2.75) is 38.3 Å². The molecule has 28 heavy (non-hydrogen) atoms. The molecule has 1 aromatic carbocycles. The van der Waals surface area contributed by atoms with Crippen LogP contribution in [0.2, 0.25) is 0 Å². The van der Waals surface area contributed by atoms with Crippen LogP contribution in [-0.2, 0) is 25.6 Å². The fourth-order valence-corrected chi connectivity index (χ4v) is 3.09. The third-order valence-electron chi connectivity index (χ3n) is 4.50. The summed E-state index contributed by atoms with van der Waals surface area (Å²) in [7, 11) is 0. The van der Waals surface area contributed by atoms with Gasteiger partial charge in [0.15, 0.2) is 23.9 Å². The molecule has 0 aliphatic carbocycles. The molecule has 0 spiro atoms. The van der Waals surface area contributed by atoms with Crippen LogP contribution in [0.15, 0.2) is 63.9 Å². The molecule has 2 aliphatic heterocycles. The molecule has 7 heteroatoms. The van der Waals surface area contributed by atoms with Gasteiger partial charge in [0.25, 0.3) is 0 Å². The number of rotatable bonds is 7. The minimum atomic E-state index is -0.801. The normalized spacial score (nSPS) is 20.0. The van der Waals surface area contributed by atoms with Crippen LogP contribution in [0, 0.1) is 0 Å². The molecule has 148 valence electrons. The van der Waals surface area contributed by atoms with Gasteiger partial charge in [-0.05, 0) is 24.8 Å². The van der Waals surface area contributed by atoms with E-state index >= 15 is 0 Å². The number of benzene rings is 1. The predicted octanol–water partition coefficient (Wildman–Crippen LogP) is 3.65. The van der Waals surface area contributed by atoms with Crippen molar-refractivity contribution in [3.8, 4) is 5.75 Å². The molecule has 1 aromatic heterocycles. The lowest BCUT2D eigenvalue weighted by atomic mass is 10.1. The van der Waals surface area contributed by atoms with Gasteiger partial charge in [0.05, 0.1) is 6.26 Å². The molecular formula is C21H22O7.